The van der Waals surface area contributed by atoms with Gasteiger partial charge in [-0.15, -0.1) is 0 Å². The highest BCUT2D eigenvalue weighted by Crippen LogP contribution is 2.28. The van der Waals surface area contributed by atoms with Crippen LogP contribution >= 0.6 is 0 Å². The number of hydrogen-bond donors (Lipinski definition) is 0. The Hall–Kier alpha value is -3.69. The maximum Gasteiger partial charge on any atom is 0.338 e. The van der Waals surface area contributed by atoms with Crippen molar-refractivity contribution in [1.82, 2.24) is 9.21 Å². The summed E-state index contributed by atoms with van der Waals surface area (Å²) in [6.07, 6.45) is 0. The Balaban J connectivity index is 1.71. The second kappa shape index (κ2) is 11.6. The van der Waals surface area contributed by atoms with Crippen LogP contribution in [-0.4, -0.2) is 57.3 Å². The molecule has 0 saturated heterocycles. The summed E-state index contributed by atoms with van der Waals surface area (Å²) in [7, 11) is 0.429. The van der Waals surface area contributed by atoms with E-state index in [0.717, 1.165) is 11.1 Å². The van der Waals surface area contributed by atoms with Gasteiger partial charge in [-0.2, -0.15) is 4.31 Å². The fraction of sp³-hybridized carbons (Fsp3) is 0.231. The predicted octanol–water partition coefficient (Wildman–Crippen LogP) is 3.33. The molecule has 0 radical (unpaired) electrons. The van der Waals surface area contributed by atoms with Gasteiger partial charge >= 0.3 is 5.97 Å². The van der Waals surface area contributed by atoms with Crippen molar-refractivity contribution < 1.29 is 27.5 Å². The van der Waals surface area contributed by atoms with Crippen LogP contribution in [0.4, 0.5) is 0 Å². The van der Waals surface area contributed by atoms with Crippen LogP contribution in [0.2, 0.25) is 0 Å². The minimum absolute atomic E-state index is 0.00371. The first kappa shape index (κ1) is 25.9. The van der Waals surface area contributed by atoms with Crippen LogP contribution in [0.5, 0.6) is 5.75 Å². The number of hydrogen-bond acceptors (Lipinski definition) is 6. The fourth-order valence-electron chi connectivity index (χ4n) is 3.36. The highest BCUT2D eigenvalue weighted by molar-refractivity contribution is 7.89. The van der Waals surface area contributed by atoms with E-state index < -0.39 is 22.6 Å². The number of esters is 1. The van der Waals surface area contributed by atoms with Crippen molar-refractivity contribution in [3.8, 4) is 5.75 Å². The van der Waals surface area contributed by atoms with Crippen LogP contribution in [0.3, 0.4) is 0 Å². The van der Waals surface area contributed by atoms with E-state index in [9.17, 15) is 18.0 Å². The summed E-state index contributed by atoms with van der Waals surface area (Å²) in [4.78, 5) is 26.3. The molecule has 3 aromatic carbocycles. The van der Waals surface area contributed by atoms with Crippen LogP contribution in [0, 0.1) is 0 Å². The number of carbonyl (C=O) groups is 2. The van der Waals surface area contributed by atoms with Crippen molar-refractivity contribution in [3.63, 3.8) is 0 Å². The van der Waals surface area contributed by atoms with Crippen molar-refractivity contribution in [2.75, 3.05) is 27.8 Å². The summed E-state index contributed by atoms with van der Waals surface area (Å²) in [5, 5.41) is 0. The lowest BCUT2D eigenvalue weighted by Crippen LogP contribution is -2.31. The van der Waals surface area contributed by atoms with E-state index in [-0.39, 0.29) is 28.7 Å². The van der Waals surface area contributed by atoms with Crippen LogP contribution in [0.15, 0.2) is 83.8 Å². The molecule has 0 atom stereocenters. The Morgan fingerprint density at radius 3 is 1.97 bits per heavy atom. The molecule has 8 nitrogen and oxygen atoms in total. The van der Waals surface area contributed by atoms with E-state index in [2.05, 4.69) is 0 Å². The largest absolute Gasteiger partial charge is 0.495 e. The summed E-state index contributed by atoms with van der Waals surface area (Å²) in [6.45, 7) is 0.0450. The summed E-state index contributed by atoms with van der Waals surface area (Å²) >= 11 is 0. The molecule has 35 heavy (non-hydrogen) atoms. The van der Waals surface area contributed by atoms with Gasteiger partial charge in [-0.1, -0.05) is 60.7 Å². The van der Waals surface area contributed by atoms with E-state index in [0.29, 0.717) is 6.54 Å². The van der Waals surface area contributed by atoms with Gasteiger partial charge in [0.25, 0.3) is 5.91 Å². The van der Waals surface area contributed by atoms with Gasteiger partial charge in [-0.05, 0) is 29.3 Å². The minimum Gasteiger partial charge on any atom is -0.495 e. The summed E-state index contributed by atoms with van der Waals surface area (Å²) in [6, 6.07) is 22.6. The average Bonchev–Trinajstić information content (AvgIpc) is 2.87. The molecule has 0 heterocycles. The van der Waals surface area contributed by atoms with Gasteiger partial charge < -0.3 is 14.4 Å². The van der Waals surface area contributed by atoms with Crippen molar-refractivity contribution in [1.29, 1.82) is 0 Å². The van der Waals surface area contributed by atoms with Crippen LogP contribution in [0.1, 0.15) is 21.5 Å². The smallest absolute Gasteiger partial charge is 0.338 e. The minimum atomic E-state index is -3.99. The summed E-state index contributed by atoms with van der Waals surface area (Å²) < 4.78 is 38.1. The Kier molecular flexibility index (Phi) is 8.62. The summed E-state index contributed by atoms with van der Waals surface area (Å²) in [5.41, 5.74) is 1.75. The number of methoxy groups -OCH3 is 1. The molecule has 0 bridgehead atoms. The monoisotopic (exact) mass is 496 g/mol. The number of benzene rings is 3. The molecule has 0 saturated carbocycles. The maximum atomic E-state index is 13.3. The lowest BCUT2D eigenvalue weighted by atomic mass is 10.2. The fourth-order valence-corrected chi connectivity index (χ4v) is 4.70. The highest BCUT2D eigenvalue weighted by Gasteiger charge is 2.27. The van der Waals surface area contributed by atoms with Gasteiger partial charge in [0, 0.05) is 27.2 Å². The second-order valence-corrected chi connectivity index (χ2v) is 9.94. The Morgan fingerprint density at radius 1 is 0.829 bits per heavy atom. The van der Waals surface area contributed by atoms with Gasteiger partial charge in [-0.3, -0.25) is 4.79 Å². The lowest BCUT2D eigenvalue weighted by molar-refractivity contribution is -0.133. The van der Waals surface area contributed by atoms with E-state index in [1.165, 1.54) is 41.6 Å². The Labute approximate surface area is 205 Å². The molecule has 0 unspecified atom stereocenters. The zero-order valence-electron chi connectivity index (χ0n) is 19.9. The Morgan fingerprint density at radius 2 is 1.40 bits per heavy atom. The van der Waals surface area contributed by atoms with E-state index in [4.69, 9.17) is 9.47 Å². The zero-order valence-corrected chi connectivity index (χ0v) is 20.7. The molecule has 3 aromatic rings. The number of likely N-dealkylation sites (N-methyl/N-ethyl adjacent to an activating group) is 1. The third-order valence-electron chi connectivity index (χ3n) is 5.35. The highest BCUT2D eigenvalue weighted by atomic mass is 32.2. The molecule has 0 aliphatic rings. The normalized spacial score (nSPS) is 11.2. The molecule has 0 aromatic heterocycles. The molecule has 0 N–H and O–H groups in total. The average molecular weight is 497 g/mol. The molecule has 0 fully saturated rings. The van der Waals surface area contributed by atoms with E-state index in [1.807, 2.05) is 60.7 Å². The number of nitrogens with zero attached hydrogens (tertiary/aromatic N) is 2. The van der Waals surface area contributed by atoms with Gasteiger partial charge in [0.2, 0.25) is 10.0 Å². The number of ether oxygens (including phenoxy) is 2. The molecule has 9 heteroatoms. The first-order chi connectivity index (χ1) is 16.7. The molecular weight excluding hydrogens is 468 g/mol. The topological polar surface area (TPSA) is 93.2 Å². The number of rotatable bonds is 10. The molecule has 0 spiro atoms. The van der Waals surface area contributed by atoms with Crippen molar-refractivity contribution in [3.05, 3.63) is 95.6 Å². The van der Waals surface area contributed by atoms with E-state index in [1.54, 1.807) is 7.05 Å². The first-order valence-corrected chi connectivity index (χ1v) is 12.3. The number of sulfonamides is 1. The number of carbonyl (C=O) groups excluding carboxylic acids is 2. The quantitative estimate of drug-likeness (QED) is 0.400. The first-order valence-electron chi connectivity index (χ1n) is 10.9. The summed E-state index contributed by atoms with van der Waals surface area (Å²) in [5.74, 6) is -1.09. The third kappa shape index (κ3) is 6.68. The molecule has 184 valence electrons. The number of amides is 1. The van der Waals surface area contributed by atoms with Gasteiger partial charge in [0.1, 0.15) is 10.6 Å². The molecule has 0 aliphatic carbocycles. The van der Waals surface area contributed by atoms with E-state index >= 15 is 0 Å². The second-order valence-electron chi connectivity index (χ2n) is 7.92. The van der Waals surface area contributed by atoms with Crippen molar-refractivity contribution in [2.45, 2.75) is 18.0 Å². The molecule has 0 aliphatic heterocycles. The Bertz CT molecular complexity index is 1260. The van der Waals surface area contributed by atoms with Gasteiger partial charge in [0.15, 0.2) is 6.61 Å². The lowest BCUT2D eigenvalue weighted by Gasteiger charge is -2.20. The third-order valence-corrected chi connectivity index (χ3v) is 7.18. The van der Waals surface area contributed by atoms with Crippen LogP contribution < -0.4 is 4.74 Å². The van der Waals surface area contributed by atoms with Crippen LogP contribution in [-0.2, 0) is 32.6 Å². The van der Waals surface area contributed by atoms with Crippen molar-refractivity contribution >= 4 is 21.9 Å². The SMILES string of the molecule is COc1ccc(C(=O)OCC(=O)N(C)Cc2ccccc2)cc1S(=O)(=O)N(C)Cc1ccccc1. The van der Waals surface area contributed by atoms with Gasteiger partial charge in [-0.25, -0.2) is 13.2 Å². The molecular formula is C26H28N2O6S. The van der Waals surface area contributed by atoms with Crippen molar-refractivity contribution in [2.24, 2.45) is 0 Å². The van der Waals surface area contributed by atoms with Crippen LogP contribution in [0.25, 0.3) is 0 Å². The standard InChI is InChI=1S/C26H28N2O6S/c1-27(17-20-10-6-4-7-11-20)25(29)19-34-26(30)22-14-15-23(33-3)24(16-22)35(31,32)28(2)18-21-12-8-5-9-13-21/h4-16H,17-19H2,1-3H3. The molecule has 1 amide bonds. The molecule has 3 rings (SSSR count). The maximum absolute atomic E-state index is 13.3. The zero-order chi connectivity index (χ0) is 25.4. The van der Waals surface area contributed by atoms with Gasteiger partial charge in [0.05, 0.1) is 12.7 Å². The predicted molar refractivity (Wildman–Crippen MR) is 131 cm³/mol.